The molecule has 1 aliphatic heterocycles. The summed E-state index contributed by atoms with van der Waals surface area (Å²) in [5.74, 6) is 2.03. The SMILES string of the molecule is CCC[C@@H]1CN(c2nc(C)cc(NC)n2)C[C@H]1NC(=O)CNC. The van der Waals surface area contributed by atoms with Crippen LogP contribution in [0.1, 0.15) is 25.5 Å². The molecule has 2 heterocycles. The summed E-state index contributed by atoms with van der Waals surface area (Å²) >= 11 is 0. The Kier molecular flexibility index (Phi) is 6.15. The Labute approximate surface area is 138 Å². The fraction of sp³-hybridized carbons (Fsp3) is 0.688. The number of carbonyl (C=O) groups excluding carboxylic acids is 1. The van der Waals surface area contributed by atoms with Crippen LogP contribution in [0.5, 0.6) is 0 Å². The maximum atomic E-state index is 11.9. The van der Waals surface area contributed by atoms with Crippen LogP contribution in [0.25, 0.3) is 0 Å². The van der Waals surface area contributed by atoms with Gasteiger partial charge in [-0.2, -0.15) is 4.98 Å². The third-order valence-electron chi connectivity index (χ3n) is 4.17. The first kappa shape index (κ1) is 17.5. The maximum absolute atomic E-state index is 11.9. The molecule has 0 unspecified atom stereocenters. The second kappa shape index (κ2) is 8.10. The van der Waals surface area contributed by atoms with Gasteiger partial charge in [0, 0.05) is 31.9 Å². The van der Waals surface area contributed by atoms with Crippen molar-refractivity contribution in [3.05, 3.63) is 11.8 Å². The number of carbonyl (C=O) groups is 1. The number of anilines is 2. The van der Waals surface area contributed by atoms with Crippen LogP contribution in [-0.2, 0) is 4.79 Å². The van der Waals surface area contributed by atoms with Crippen LogP contribution >= 0.6 is 0 Å². The summed E-state index contributed by atoms with van der Waals surface area (Å²) in [5, 5.41) is 9.11. The number of hydrogen-bond donors (Lipinski definition) is 3. The van der Waals surface area contributed by atoms with Crippen LogP contribution in [0, 0.1) is 12.8 Å². The van der Waals surface area contributed by atoms with Gasteiger partial charge in [0.1, 0.15) is 5.82 Å². The average molecular weight is 320 g/mol. The zero-order valence-electron chi connectivity index (χ0n) is 14.5. The minimum atomic E-state index is 0.0431. The quantitative estimate of drug-likeness (QED) is 0.688. The molecule has 1 aromatic rings. The van der Waals surface area contributed by atoms with E-state index in [1.54, 1.807) is 7.05 Å². The van der Waals surface area contributed by atoms with Gasteiger partial charge in [-0.3, -0.25) is 4.79 Å². The molecule has 2 atom stereocenters. The van der Waals surface area contributed by atoms with Gasteiger partial charge in [-0.15, -0.1) is 0 Å². The van der Waals surface area contributed by atoms with Crippen molar-refractivity contribution in [3.63, 3.8) is 0 Å². The van der Waals surface area contributed by atoms with E-state index in [1.807, 2.05) is 20.0 Å². The van der Waals surface area contributed by atoms with Crippen LogP contribution in [0.2, 0.25) is 0 Å². The van der Waals surface area contributed by atoms with E-state index in [9.17, 15) is 4.79 Å². The smallest absolute Gasteiger partial charge is 0.234 e. The highest BCUT2D eigenvalue weighted by atomic mass is 16.2. The van der Waals surface area contributed by atoms with E-state index in [0.717, 1.165) is 43.4 Å². The van der Waals surface area contributed by atoms with E-state index in [1.165, 1.54) is 0 Å². The third-order valence-corrected chi connectivity index (χ3v) is 4.17. The molecule has 0 aliphatic carbocycles. The van der Waals surface area contributed by atoms with Crippen LogP contribution < -0.4 is 20.9 Å². The molecule has 23 heavy (non-hydrogen) atoms. The number of nitrogens with zero attached hydrogens (tertiary/aromatic N) is 3. The molecular formula is C16H28N6O. The monoisotopic (exact) mass is 320 g/mol. The fourth-order valence-electron chi connectivity index (χ4n) is 3.10. The normalized spacial score (nSPS) is 20.6. The molecule has 7 heteroatoms. The Hall–Kier alpha value is -1.89. The van der Waals surface area contributed by atoms with Crippen molar-refractivity contribution >= 4 is 17.7 Å². The number of nitrogens with one attached hydrogen (secondary N) is 3. The predicted molar refractivity (Wildman–Crippen MR) is 92.8 cm³/mol. The molecule has 1 fully saturated rings. The lowest BCUT2D eigenvalue weighted by atomic mass is 9.98. The van der Waals surface area contributed by atoms with E-state index in [4.69, 9.17) is 0 Å². The molecule has 0 saturated carbocycles. The van der Waals surface area contributed by atoms with Gasteiger partial charge < -0.3 is 20.9 Å². The van der Waals surface area contributed by atoms with Crippen molar-refractivity contribution < 1.29 is 4.79 Å². The molecule has 128 valence electrons. The lowest BCUT2D eigenvalue weighted by Gasteiger charge is -2.19. The van der Waals surface area contributed by atoms with Crippen molar-refractivity contribution in [2.45, 2.75) is 32.7 Å². The first-order chi connectivity index (χ1) is 11.1. The summed E-state index contributed by atoms with van der Waals surface area (Å²) in [6, 6.07) is 2.08. The third kappa shape index (κ3) is 4.54. The largest absolute Gasteiger partial charge is 0.373 e. The van der Waals surface area contributed by atoms with E-state index in [2.05, 4.69) is 37.7 Å². The van der Waals surface area contributed by atoms with Gasteiger partial charge in [0.05, 0.1) is 12.6 Å². The maximum Gasteiger partial charge on any atom is 0.234 e. The zero-order chi connectivity index (χ0) is 16.8. The second-order valence-corrected chi connectivity index (χ2v) is 6.10. The summed E-state index contributed by atoms with van der Waals surface area (Å²) < 4.78 is 0. The molecule has 7 nitrogen and oxygen atoms in total. The Balaban J connectivity index is 2.12. The van der Waals surface area contributed by atoms with Gasteiger partial charge >= 0.3 is 0 Å². The van der Waals surface area contributed by atoms with Gasteiger partial charge in [-0.25, -0.2) is 4.98 Å². The van der Waals surface area contributed by atoms with Gasteiger partial charge in [0.25, 0.3) is 0 Å². The Bertz CT molecular complexity index is 535. The summed E-state index contributed by atoms with van der Waals surface area (Å²) in [4.78, 5) is 23.2. The fourth-order valence-corrected chi connectivity index (χ4v) is 3.10. The van der Waals surface area contributed by atoms with Crippen molar-refractivity contribution in [1.82, 2.24) is 20.6 Å². The molecule has 0 spiro atoms. The van der Waals surface area contributed by atoms with Gasteiger partial charge in [0.2, 0.25) is 11.9 Å². The Morgan fingerprint density at radius 3 is 2.78 bits per heavy atom. The van der Waals surface area contributed by atoms with Crippen LogP contribution in [0.4, 0.5) is 11.8 Å². The van der Waals surface area contributed by atoms with Gasteiger partial charge in [-0.05, 0) is 26.3 Å². The molecule has 2 rings (SSSR count). The molecule has 3 N–H and O–H groups in total. The molecule has 0 bridgehead atoms. The lowest BCUT2D eigenvalue weighted by Crippen LogP contribution is -2.44. The number of aromatic nitrogens is 2. The summed E-state index contributed by atoms with van der Waals surface area (Å²) in [7, 11) is 3.64. The van der Waals surface area contributed by atoms with Crippen molar-refractivity contribution in [1.29, 1.82) is 0 Å². The van der Waals surface area contributed by atoms with Gasteiger partial charge in [-0.1, -0.05) is 13.3 Å². The first-order valence-corrected chi connectivity index (χ1v) is 8.29. The van der Waals surface area contributed by atoms with E-state index in [0.29, 0.717) is 12.5 Å². The highest BCUT2D eigenvalue weighted by molar-refractivity contribution is 5.78. The topological polar surface area (TPSA) is 82.2 Å². The highest BCUT2D eigenvalue weighted by Crippen LogP contribution is 2.26. The first-order valence-electron chi connectivity index (χ1n) is 8.29. The van der Waals surface area contributed by atoms with Crippen molar-refractivity contribution in [2.75, 3.05) is 43.9 Å². The molecule has 0 aromatic carbocycles. The van der Waals surface area contributed by atoms with Crippen LogP contribution in [-0.4, -0.2) is 55.6 Å². The number of amides is 1. The molecule has 1 amide bonds. The van der Waals surface area contributed by atoms with Crippen molar-refractivity contribution in [2.24, 2.45) is 5.92 Å². The minimum absolute atomic E-state index is 0.0431. The van der Waals surface area contributed by atoms with Crippen molar-refractivity contribution in [3.8, 4) is 0 Å². The second-order valence-electron chi connectivity index (χ2n) is 6.10. The number of hydrogen-bond acceptors (Lipinski definition) is 6. The van der Waals surface area contributed by atoms with Crippen LogP contribution in [0.15, 0.2) is 6.07 Å². The lowest BCUT2D eigenvalue weighted by molar-refractivity contribution is -0.121. The molecular weight excluding hydrogens is 292 g/mol. The van der Waals surface area contributed by atoms with E-state index in [-0.39, 0.29) is 11.9 Å². The predicted octanol–water partition coefficient (Wildman–Crippen LogP) is 0.767. The molecule has 1 aromatic heterocycles. The highest BCUT2D eigenvalue weighted by Gasteiger charge is 2.34. The number of likely N-dealkylation sites (N-methyl/N-ethyl adjacent to an activating group) is 1. The summed E-state index contributed by atoms with van der Waals surface area (Å²) in [6.45, 7) is 6.13. The Morgan fingerprint density at radius 1 is 1.35 bits per heavy atom. The summed E-state index contributed by atoms with van der Waals surface area (Å²) in [5.41, 5.74) is 0.939. The zero-order valence-corrected chi connectivity index (χ0v) is 14.5. The van der Waals surface area contributed by atoms with Crippen LogP contribution in [0.3, 0.4) is 0 Å². The number of aryl methyl sites for hydroxylation is 1. The van der Waals surface area contributed by atoms with Gasteiger partial charge in [0.15, 0.2) is 0 Å². The average Bonchev–Trinajstić information content (AvgIpc) is 2.90. The van der Waals surface area contributed by atoms with E-state index < -0.39 is 0 Å². The molecule has 0 radical (unpaired) electrons. The summed E-state index contributed by atoms with van der Waals surface area (Å²) in [6.07, 6.45) is 2.19. The standard InChI is InChI=1S/C16H28N6O/c1-5-6-12-9-22(10-13(12)20-15(23)8-17-3)16-19-11(2)7-14(18-4)21-16/h7,12-13,17H,5-6,8-10H2,1-4H3,(H,20,23)(H,18,19,21)/t12-,13-/m1/s1. The molecule has 1 saturated heterocycles. The van der Waals surface area contributed by atoms with E-state index >= 15 is 0 Å². The Morgan fingerprint density at radius 2 is 2.13 bits per heavy atom. The number of rotatable bonds is 7. The minimum Gasteiger partial charge on any atom is -0.373 e. The molecule has 1 aliphatic rings.